The minimum atomic E-state index is -0.593. The normalized spacial score (nSPS) is 12.7. The first-order valence-corrected chi connectivity index (χ1v) is 20.4. The molecule has 61 heavy (non-hydrogen) atoms. The van der Waals surface area contributed by atoms with Crippen molar-refractivity contribution >= 4 is 27.2 Å². The molecule has 1 spiro atoms. The standard InChI is InChI=1S/C57H32N4/c1-59-42-27-41(33-61-34-42)37-20-24-39(25-21-37)50-29-54-56(48-15-5-3-11-44(48)50)55-47-14-4-2-10-43(47)49(38-22-18-36(19-23-38)40-26-35(30-58)31-60-32-40)28-53(55)57(54)51-16-8-6-12-45(51)46-13-7-9-17-52(46)57/h2-29,31-34H. The van der Waals surface area contributed by atoms with Gasteiger partial charge in [0.25, 0.3) is 0 Å². The summed E-state index contributed by atoms with van der Waals surface area (Å²) >= 11 is 0. The highest BCUT2D eigenvalue weighted by Gasteiger charge is 2.53. The van der Waals surface area contributed by atoms with Crippen LogP contribution in [0.1, 0.15) is 27.8 Å². The van der Waals surface area contributed by atoms with Gasteiger partial charge in [-0.15, -0.1) is 0 Å². The van der Waals surface area contributed by atoms with E-state index >= 15 is 0 Å². The van der Waals surface area contributed by atoms with Crippen LogP contribution in [0.25, 0.3) is 93.2 Å². The zero-order valence-electron chi connectivity index (χ0n) is 32.8. The number of aromatic nitrogens is 2. The van der Waals surface area contributed by atoms with Crippen molar-refractivity contribution in [3.63, 3.8) is 0 Å². The van der Waals surface area contributed by atoms with Gasteiger partial charge in [-0.25, -0.2) is 4.85 Å². The number of benzene rings is 8. The van der Waals surface area contributed by atoms with Crippen molar-refractivity contribution < 1.29 is 0 Å². The van der Waals surface area contributed by atoms with E-state index in [1.807, 2.05) is 24.5 Å². The summed E-state index contributed by atoms with van der Waals surface area (Å²) in [7, 11) is 0. The summed E-state index contributed by atoms with van der Waals surface area (Å²) in [6.07, 6.45) is 6.84. The van der Waals surface area contributed by atoms with Crippen molar-refractivity contribution in [2.45, 2.75) is 5.41 Å². The molecule has 8 aromatic carbocycles. The highest BCUT2D eigenvalue weighted by atomic mass is 14.7. The van der Waals surface area contributed by atoms with E-state index in [0.29, 0.717) is 11.3 Å². The lowest BCUT2D eigenvalue weighted by atomic mass is 9.69. The number of nitriles is 1. The van der Waals surface area contributed by atoms with E-state index in [4.69, 9.17) is 6.57 Å². The molecule has 280 valence electrons. The van der Waals surface area contributed by atoms with Gasteiger partial charge in [-0.05, 0) is 129 Å². The summed E-state index contributed by atoms with van der Waals surface area (Å²) in [5.74, 6) is 0. The average molecular weight is 773 g/mol. The highest BCUT2D eigenvalue weighted by Crippen LogP contribution is 2.66. The van der Waals surface area contributed by atoms with E-state index in [1.165, 1.54) is 77.2 Å². The van der Waals surface area contributed by atoms with Crippen molar-refractivity contribution in [1.29, 1.82) is 5.26 Å². The molecule has 2 aliphatic carbocycles. The Balaban J connectivity index is 1.15. The van der Waals surface area contributed by atoms with Crippen molar-refractivity contribution in [2.75, 3.05) is 0 Å². The maximum atomic E-state index is 9.55. The molecule has 12 rings (SSSR count). The molecule has 0 amide bonds. The van der Waals surface area contributed by atoms with E-state index < -0.39 is 5.41 Å². The Morgan fingerprint density at radius 1 is 0.410 bits per heavy atom. The van der Waals surface area contributed by atoms with Crippen molar-refractivity contribution in [3.05, 3.63) is 234 Å². The number of nitrogens with zero attached hydrogens (tertiary/aromatic N) is 4. The predicted molar refractivity (Wildman–Crippen MR) is 246 cm³/mol. The van der Waals surface area contributed by atoms with Gasteiger partial charge >= 0.3 is 0 Å². The van der Waals surface area contributed by atoms with E-state index in [-0.39, 0.29) is 0 Å². The minimum Gasteiger partial charge on any atom is -0.276 e. The third-order valence-electron chi connectivity index (χ3n) is 12.9. The second-order valence-corrected chi connectivity index (χ2v) is 15.9. The Morgan fingerprint density at radius 3 is 1.36 bits per heavy atom. The summed E-state index contributed by atoms with van der Waals surface area (Å²) in [4.78, 5) is 12.3. The molecule has 0 N–H and O–H groups in total. The third-order valence-corrected chi connectivity index (χ3v) is 12.9. The molecule has 0 radical (unpaired) electrons. The number of hydrogen-bond acceptors (Lipinski definition) is 3. The molecule has 0 bridgehead atoms. The maximum absolute atomic E-state index is 9.55. The Kier molecular flexibility index (Phi) is 7.54. The Bertz CT molecular complexity index is 3310. The molecule has 0 aliphatic heterocycles. The molecule has 4 heteroatoms. The molecule has 10 aromatic rings. The van der Waals surface area contributed by atoms with Gasteiger partial charge in [0, 0.05) is 30.4 Å². The zero-order chi connectivity index (χ0) is 40.7. The largest absolute Gasteiger partial charge is 0.276 e. The van der Waals surface area contributed by atoms with Gasteiger partial charge in [-0.2, -0.15) is 5.26 Å². The van der Waals surface area contributed by atoms with Crippen LogP contribution >= 0.6 is 0 Å². The number of fused-ring (bicyclic) bond motifs is 14. The Morgan fingerprint density at radius 2 is 0.852 bits per heavy atom. The van der Waals surface area contributed by atoms with E-state index in [1.54, 1.807) is 12.4 Å². The number of hydrogen-bond donors (Lipinski definition) is 0. The second kappa shape index (κ2) is 13.3. The number of rotatable bonds is 4. The third kappa shape index (κ3) is 4.97. The van der Waals surface area contributed by atoms with Gasteiger partial charge in [-0.3, -0.25) is 9.97 Å². The van der Waals surface area contributed by atoms with Crippen LogP contribution in [0, 0.1) is 17.9 Å². The SMILES string of the molecule is [C-]#[N+]c1cncc(-c2ccc(-c3cc4c(c5ccccc35)-c3c(cc(-c5ccc(-c6cncc(C#N)c6)cc5)c5ccccc35)C43c4ccccc4-c4ccccc43)cc2)c1. The summed E-state index contributed by atoms with van der Waals surface area (Å²) in [6, 6.07) is 64.2. The van der Waals surface area contributed by atoms with Gasteiger partial charge in [-0.1, -0.05) is 146 Å². The van der Waals surface area contributed by atoms with Gasteiger partial charge in [0.1, 0.15) is 6.07 Å². The van der Waals surface area contributed by atoms with Crippen LogP contribution < -0.4 is 0 Å². The van der Waals surface area contributed by atoms with E-state index in [2.05, 4.69) is 179 Å². The van der Waals surface area contributed by atoms with Crippen LogP contribution in [0.4, 0.5) is 5.69 Å². The number of pyridine rings is 2. The van der Waals surface area contributed by atoms with Crippen molar-refractivity contribution in [3.8, 4) is 72.8 Å². The minimum absolute atomic E-state index is 0.528. The zero-order valence-corrected chi connectivity index (χ0v) is 32.8. The van der Waals surface area contributed by atoms with Gasteiger partial charge in [0.15, 0.2) is 0 Å². The lowest BCUT2D eigenvalue weighted by molar-refractivity contribution is 0.795. The van der Waals surface area contributed by atoms with Crippen molar-refractivity contribution in [1.82, 2.24) is 9.97 Å². The molecule has 0 fully saturated rings. The van der Waals surface area contributed by atoms with Gasteiger partial charge in [0.2, 0.25) is 5.69 Å². The first-order chi connectivity index (χ1) is 30.1. The van der Waals surface area contributed by atoms with Crippen LogP contribution in [0.2, 0.25) is 0 Å². The monoisotopic (exact) mass is 772 g/mol. The van der Waals surface area contributed by atoms with Crippen LogP contribution in [0.15, 0.2) is 195 Å². The summed E-state index contributed by atoms with van der Waals surface area (Å²) in [5, 5.41) is 14.4. The Labute approximate surface area is 353 Å². The topological polar surface area (TPSA) is 53.9 Å². The summed E-state index contributed by atoms with van der Waals surface area (Å²) in [6.45, 7) is 7.52. The molecule has 2 aromatic heterocycles. The fraction of sp³-hybridized carbons (Fsp3) is 0.0175. The van der Waals surface area contributed by atoms with Gasteiger partial charge < -0.3 is 0 Å². The lowest BCUT2D eigenvalue weighted by Crippen LogP contribution is -2.26. The Hall–Kier alpha value is -8.44. The summed E-state index contributed by atoms with van der Waals surface area (Å²) in [5.41, 5.74) is 19.2. The second-order valence-electron chi connectivity index (χ2n) is 15.9. The fourth-order valence-corrected chi connectivity index (χ4v) is 10.3. The fourth-order valence-electron chi connectivity index (χ4n) is 10.3. The average Bonchev–Trinajstić information content (AvgIpc) is 3.81. The first kappa shape index (κ1) is 34.6. The molecule has 2 heterocycles. The van der Waals surface area contributed by atoms with E-state index in [0.717, 1.165) is 33.4 Å². The van der Waals surface area contributed by atoms with E-state index in [9.17, 15) is 5.26 Å². The quantitative estimate of drug-likeness (QED) is 0.167. The molecule has 0 unspecified atom stereocenters. The van der Waals surface area contributed by atoms with Crippen LogP contribution in [-0.2, 0) is 5.41 Å². The van der Waals surface area contributed by atoms with Crippen LogP contribution in [0.3, 0.4) is 0 Å². The van der Waals surface area contributed by atoms with Crippen molar-refractivity contribution in [2.24, 2.45) is 0 Å². The lowest BCUT2D eigenvalue weighted by Gasteiger charge is -2.31. The van der Waals surface area contributed by atoms with Gasteiger partial charge in [0.05, 0.1) is 17.6 Å². The maximum Gasteiger partial charge on any atom is 0.205 e. The summed E-state index contributed by atoms with van der Waals surface area (Å²) < 4.78 is 0. The smallest absolute Gasteiger partial charge is 0.205 e. The molecular weight excluding hydrogens is 741 g/mol. The molecule has 4 nitrogen and oxygen atoms in total. The van der Waals surface area contributed by atoms with Crippen LogP contribution in [0.5, 0.6) is 0 Å². The molecule has 0 atom stereocenters. The van der Waals surface area contributed by atoms with Crippen LogP contribution in [-0.4, -0.2) is 9.97 Å². The first-order valence-electron chi connectivity index (χ1n) is 20.4. The molecule has 2 aliphatic rings. The molecule has 0 saturated carbocycles. The molecule has 0 saturated heterocycles. The highest BCUT2D eigenvalue weighted by molar-refractivity contribution is 6.18. The predicted octanol–water partition coefficient (Wildman–Crippen LogP) is 14.2. The molecular formula is C57H32N4.